The van der Waals surface area contributed by atoms with E-state index in [1.54, 1.807) is 17.1 Å². The normalized spacial score (nSPS) is 13.8. The minimum atomic E-state index is -0.110. The molecule has 0 aliphatic heterocycles. The summed E-state index contributed by atoms with van der Waals surface area (Å²) in [7, 11) is 1.88. The first-order valence-corrected chi connectivity index (χ1v) is 10.2. The summed E-state index contributed by atoms with van der Waals surface area (Å²) in [6, 6.07) is 13.8. The van der Waals surface area contributed by atoms with E-state index >= 15 is 0 Å². The van der Waals surface area contributed by atoms with E-state index in [-0.39, 0.29) is 12.1 Å². The molecule has 0 unspecified atom stereocenters. The molecule has 0 atom stereocenters. The minimum Gasteiger partial charge on any atom is -0.334 e. The summed E-state index contributed by atoms with van der Waals surface area (Å²) in [6.45, 7) is 0.487. The molecule has 6 nitrogen and oxygen atoms in total. The number of benzene rings is 1. The van der Waals surface area contributed by atoms with Crippen molar-refractivity contribution in [3.63, 3.8) is 0 Å². The predicted molar refractivity (Wildman–Crippen MR) is 118 cm³/mol. The number of nitrogens with one attached hydrogen (secondary N) is 1. The number of rotatable bonds is 5. The van der Waals surface area contributed by atoms with Crippen molar-refractivity contribution in [3.8, 4) is 23.1 Å². The summed E-state index contributed by atoms with van der Waals surface area (Å²) in [5, 5.41) is 7.27. The average molecular weight is 399 g/mol. The van der Waals surface area contributed by atoms with Crippen molar-refractivity contribution < 1.29 is 4.79 Å². The first kappa shape index (κ1) is 19.7. The van der Waals surface area contributed by atoms with Crippen LogP contribution >= 0.6 is 0 Å². The van der Waals surface area contributed by atoms with Crippen LogP contribution in [0.15, 0.2) is 61.1 Å². The van der Waals surface area contributed by atoms with Crippen LogP contribution in [0.5, 0.6) is 0 Å². The Morgan fingerprint density at radius 2 is 1.90 bits per heavy atom. The van der Waals surface area contributed by atoms with E-state index in [2.05, 4.69) is 27.2 Å². The van der Waals surface area contributed by atoms with Crippen LogP contribution in [0.3, 0.4) is 0 Å². The Labute approximate surface area is 176 Å². The van der Waals surface area contributed by atoms with Crippen molar-refractivity contribution in [1.29, 1.82) is 0 Å². The van der Waals surface area contributed by atoms with E-state index < -0.39 is 0 Å². The Bertz CT molecular complexity index is 1030. The monoisotopic (exact) mass is 399 g/mol. The molecule has 2 amide bonds. The molecule has 0 spiro atoms. The van der Waals surface area contributed by atoms with Gasteiger partial charge < -0.3 is 5.32 Å². The smallest absolute Gasteiger partial charge is 0.322 e. The number of amides is 2. The van der Waals surface area contributed by atoms with Crippen molar-refractivity contribution in [3.05, 3.63) is 66.6 Å². The first-order chi connectivity index (χ1) is 14.7. The second kappa shape index (κ2) is 9.27. The Morgan fingerprint density at radius 1 is 1.13 bits per heavy atom. The number of aryl methyl sites for hydroxylation is 1. The topological polar surface area (TPSA) is 63.1 Å². The molecule has 2 heterocycles. The lowest BCUT2D eigenvalue weighted by Gasteiger charge is -2.31. The number of urea groups is 1. The van der Waals surface area contributed by atoms with Crippen LogP contribution in [-0.4, -0.2) is 26.8 Å². The van der Waals surface area contributed by atoms with Crippen LogP contribution in [0.25, 0.3) is 11.3 Å². The van der Waals surface area contributed by atoms with Gasteiger partial charge in [0.1, 0.15) is 0 Å². The van der Waals surface area contributed by atoms with Crippen LogP contribution in [-0.2, 0) is 13.6 Å². The molecule has 152 valence electrons. The van der Waals surface area contributed by atoms with Crippen molar-refractivity contribution in [2.75, 3.05) is 4.90 Å². The van der Waals surface area contributed by atoms with Crippen molar-refractivity contribution >= 4 is 11.7 Å². The van der Waals surface area contributed by atoms with Crippen LogP contribution in [0.1, 0.15) is 31.2 Å². The zero-order chi connectivity index (χ0) is 20.8. The van der Waals surface area contributed by atoms with Gasteiger partial charge in [0.2, 0.25) is 0 Å². The number of aromatic nitrogens is 3. The highest BCUT2D eigenvalue weighted by atomic mass is 16.2. The second-order valence-corrected chi connectivity index (χ2v) is 7.40. The highest BCUT2D eigenvalue weighted by Crippen LogP contribution is 2.25. The van der Waals surface area contributed by atoms with E-state index in [9.17, 15) is 4.79 Å². The number of carbonyl (C=O) groups excluding carboxylic acids is 1. The molecule has 4 rings (SSSR count). The lowest BCUT2D eigenvalue weighted by atomic mass is 10.1. The van der Waals surface area contributed by atoms with Gasteiger partial charge in [0.15, 0.2) is 0 Å². The molecule has 0 saturated carbocycles. The van der Waals surface area contributed by atoms with Gasteiger partial charge in [-0.3, -0.25) is 14.6 Å². The van der Waals surface area contributed by atoms with Crippen LogP contribution < -0.4 is 10.2 Å². The molecule has 1 aliphatic carbocycles. The maximum Gasteiger partial charge on any atom is 0.322 e. The van der Waals surface area contributed by atoms with Gasteiger partial charge in [-0.15, -0.1) is 11.8 Å². The molecule has 0 saturated heterocycles. The predicted octanol–water partition coefficient (Wildman–Crippen LogP) is 4.14. The number of nitrogens with zero attached hydrogens (tertiary/aromatic N) is 4. The fourth-order valence-electron chi connectivity index (χ4n) is 3.66. The van der Waals surface area contributed by atoms with E-state index in [1.165, 1.54) is 0 Å². The number of hydrogen-bond donors (Lipinski definition) is 1. The molecule has 0 radical (unpaired) electrons. The Morgan fingerprint density at radius 3 is 2.53 bits per heavy atom. The quantitative estimate of drug-likeness (QED) is 0.656. The number of hydrogen-bond acceptors (Lipinski definition) is 3. The molecule has 6 heteroatoms. The Balaban J connectivity index is 1.55. The van der Waals surface area contributed by atoms with Crippen LogP contribution in [0, 0.1) is 11.8 Å². The lowest BCUT2D eigenvalue weighted by molar-refractivity contribution is 0.242. The molecular formula is C24H25N5O. The average Bonchev–Trinajstić information content (AvgIpc) is 3.04. The van der Waals surface area contributed by atoms with E-state index in [1.807, 2.05) is 60.6 Å². The molecule has 3 aromatic rings. The SMILES string of the molecule is Cn1cc(-c2ccc(N(C(=O)NCc3ccccc3)C3CCC#CCC3)cn2)cn1. The zero-order valence-corrected chi connectivity index (χ0v) is 17.1. The fraction of sp³-hybridized carbons (Fsp3) is 0.292. The van der Waals surface area contributed by atoms with Crippen molar-refractivity contribution in [2.24, 2.45) is 7.05 Å². The summed E-state index contributed by atoms with van der Waals surface area (Å²) >= 11 is 0. The molecular weight excluding hydrogens is 374 g/mol. The van der Waals surface area contributed by atoms with Gasteiger partial charge in [-0.25, -0.2) is 4.79 Å². The van der Waals surface area contributed by atoms with Crippen molar-refractivity contribution in [1.82, 2.24) is 20.1 Å². The third kappa shape index (κ3) is 4.69. The number of carbonyl (C=O) groups is 1. The van der Waals surface area contributed by atoms with Gasteiger partial charge in [-0.05, 0) is 30.5 Å². The molecule has 0 fully saturated rings. The Kier molecular flexibility index (Phi) is 6.09. The van der Waals surface area contributed by atoms with Crippen LogP contribution in [0.4, 0.5) is 10.5 Å². The third-order valence-corrected chi connectivity index (χ3v) is 5.23. The van der Waals surface area contributed by atoms with Gasteiger partial charge >= 0.3 is 6.03 Å². The summed E-state index contributed by atoms with van der Waals surface area (Å²) in [6.07, 6.45) is 8.80. The zero-order valence-electron chi connectivity index (χ0n) is 17.1. The number of pyridine rings is 1. The largest absolute Gasteiger partial charge is 0.334 e. The maximum atomic E-state index is 13.2. The fourth-order valence-corrected chi connectivity index (χ4v) is 3.66. The van der Waals surface area contributed by atoms with Crippen LogP contribution in [0.2, 0.25) is 0 Å². The first-order valence-electron chi connectivity index (χ1n) is 10.2. The molecule has 1 N–H and O–H groups in total. The van der Waals surface area contributed by atoms with E-state index in [0.717, 1.165) is 48.2 Å². The number of anilines is 1. The van der Waals surface area contributed by atoms with E-state index in [4.69, 9.17) is 0 Å². The van der Waals surface area contributed by atoms with Gasteiger partial charge in [0.05, 0.1) is 23.8 Å². The van der Waals surface area contributed by atoms with Gasteiger partial charge in [-0.2, -0.15) is 5.10 Å². The second-order valence-electron chi connectivity index (χ2n) is 7.40. The van der Waals surface area contributed by atoms with Gasteiger partial charge in [-0.1, -0.05) is 30.3 Å². The summed E-state index contributed by atoms with van der Waals surface area (Å²) in [5.74, 6) is 6.36. The van der Waals surface area contributed by atoms with E-state index in [0.29, 0.717) is 6.54 Å². The van der Waals surface area contributed by atoms with Crippen molar-refractivity contribution in [2.45, 2.75) is 38.3 Å². The molecule has 2 aromatic heterocycles. The molecule has 0 bridgehead atoms. The summed E-state index contributed by atoms with van der Waals surface area (Å²) in [5.41, 5.74) is 3.65. The molecule has 30 heavy (non-hydrogen) atoms. The molecule has 1 aromatic carbocycles. The van der Waals surface area contributed by atoms with Gasteiger partial charge in [0.25, 0.3) is 0 Å². The lowest BCUT2D eigenvalue weighted by Crippen LogP contribution is -2.46. The highest BCUT2D eigenvalue weighted by molar-refractivity contribution is 5.92. The van der Waals surface area contributed by atoms with Gasteiger partial charge in [0, 0.05) is 44.2 Å². The molecule has 1 aliphatic rings. The standard InChI is InChI=1S/C24H25N5O/c1-28-18-20(16-27-28)23-14-13-22(17-25-23)29(21-11-7-2-3-8-12-21)24(30)26-15-19-9-5-4-6-10-19/h4-6,9-10,13-14,16-18,21H,7-8,11-12,15H2,1H3,(H,26,30). The Hall–Kier alpha value is -3.59. The third-order valence-electron chi connectivity index (χ3n) is 5.23. The summed E-state index contributed by atoms with van der Waals surface area (Å²) < 4.78 is 1.75. The summed E-state index contributed by atoms with van der Waals surface area (Å²) in [4.78, 5) is 19.7. The maximum absolute atomic E-state index is 13.2. The highest BCUT2D eigenvalue weighted by Gasteiger charge is 2.25. The minimum absolute atomic E-state index is 0.0781.